The van der Waals surface area contributed by atoms with Crippen LogP contribution in [-0.4, -0.2) is 6.29 Å². The Hall–Kier alpha value is -0.850. The van der Waals surface area contributed by atoms with E-state index in [1.807, 2.05) is 6.92 Å². The molecule has 0 aliphatic heterocycles. The van der Waals surface area contributed by atoms with Crippen LogP contribution >= 0.6 is 0 Å². The molecule has 0 saturated carbocycles. The van der Waals surface area contributed by atoms with E-state index in [9.17, 15) is 4.79 Å². The predicted molar refractivity (Wildman–Crippen MR) is 57.7 cm³/mol. The van der Waals surface area contributed by atoms with E-state index in [4.69, 9.17) is 0 Å². The second-order valence-electron chi connectivity index (χ2n) is 3.67. The van der Waals surface area contributed by atoms with Crippen molar-refractivity contribution in [1.82, 2.24) is 0 Å². The average Bonchev–Trinajstić information content (AvgIpc) is 2.05. The summed E-state index contributed by atoms with van der Waals surface area (Å²) in [4.78, 5) is 10.3. The topological polar surface area (TPSA) is 17.1 Å². The van der Waals surface area contributed by atoms with Gasteiger partial charge in [-0.25, -0.2) is 0 Å². The van der Waals surface area contributed by atoms with Crippen molar-refractivity contribution in [2.75, 3.05) is 0 Å². The second-order valence-corrected chi connectivity index (χ2v) is 3.67. The van der Waals surface area contributed by atoms with Crippen LogP contribution in [0.15, 0.2) is 23.3 Å². The molecule has 0 aliphatic rings. The highest BCUT2D eigenvalue weighted by atomic mass is 16.1. The molecule has 0 amide bonds. The van der Waals surface area contributed by atoms with Gasteiger partial charge < -0.3 is 0 Å². The Morgan fingerprint density at radius 3 is 2.31 bits per heavy atom. The lowest BCUT2D eigenvalue weighted by atomic mass is 9.93. The lowest BCUT2D eigenvalue weighted by molar-refractivity contribution is -0.104. The molecule has 0 aliphatic carbocycles. The van der Waals surface area contributed by atoms with E-state index < -0.39 is 0 Å². The van der Waals surface area contributed by atoms with Crippen LogP contribution in [0.2, 0.25) is 0 Å². The van der Waals surface area contributed by atoms with Gasteiger partial charge in [0.2, 0.25) is 0 Å². The quantitative estimate of drug-likeness (QED) is 0.359. The molecule has 0 saturated heterocycles. The summed E-state index contributed by atoms with van der Waals surface area (Å²) in [5, 5.41) is 0. The highest BCUT2D eigenvalue weighted by Crippen LogP contribution is 2.19. The molecule has 0 radical (unpaired) electrons. The second kappa shape index (κ2) is 6.64. The Morgan fingerprint density at radius 2 is 1.92 bits per heavy atom. The summed E-state index contributed by atoms with van der Waals surface area (Å²) in [6.07, 6.45) is 6.93. The smallest absolute Gasteiger partial charge is 0.142 e. The van der Waals surface area contributed by atoms with Crippen LogP contribution in [0.25, 0.3) is 0 Å². The van der Waals surface area contributed by atoms with Gasteiger partial charge in [0.1, 0.15) is 6.29 Å². The number of hydrogen-bond donors (Lipinski definition) is 0. The van der Waals surface area contributed by atoms with Crippen molar-refractivity contribution in [3.63, 3.8) is 0 Å². The first kappa shape index (κ1) is 12.2. The molecule has 13 heavy (non-hydrogen) atoms. The normalized spacial score (nSPS) is 13.7. The third-order valence-electron chi connectivity index (χ3n) is 2.28. The van der Waals surface area contributed by atoms with Crippen molar-refractivity contribution in [3.05, 3.63) is 23.3 Å². The highest BCUT2D eigenvalue weighted by Gasteiger charge is 2.05. The Bertz CT molecular complexity index is 207. The van der Waals surface area contributed by atoms with E-state index in [1.165, 1.54) is 11.1 Å². The summed E-state index contributed by atoms with van der Waals surface area (Å²) in [5.74, 6) is 0.528. The first-order valence-corrected chi connectivity index (χ1v) is 4.87. The van der Waals surface area contributed by atoms with Gasteiger partial charge in [0.25, 0.3) is 0 Å². The van der Waals surface area contributed by atoms with Crippen LogP contribution in [0.3, 0.4) is 0 Å². The molecular weight excluding hydrogens is 160 g/mol. The fourth-order valence-electron chi connectivity index (χ4n) is 1.30. The van der Waals surface area contributed by atoms with Crippen LogP contribution in [-0.2, 0) is 4.79 Å². The predicted octanol–water partition coefficient (Wildman–Crippen LogP) is 3.51. The molecule has 0 N–H and O–H groups in total. The molecule has 0 bridgehead atoms. The number of carbonyl (C=O) groups is 1. The fourth-order valence-corrected chi connectivity index (χ4v) is 1.30. The molecular formula is C12H20O. The largest absolute Gasteiger partial charge is 0.299 e. The Balaban J connectivity index is 4.26. The van der Waals surface area contributed by atoms with Crippen molar-refractivity contribution in [1.29, 1.82) is 0 Å². The molecule has 1 nitrogen and oxygen atoms in total. The summed E-state index contributed by atoms with van der Waals surface area (Å²) in [6.45, 7) is 8.39. The lowest BCUT2D eigenvalue weighted by Crippen LogP contribution is -1.99. The van der Waals surface area contributed by atoms with E-state index >= 15 is 0 Å². The van der Waals surface area contributed by atoms with Crippen molar-refractivity contribution in [3.8, 4) is 0 Å². The SMILES string of the molecule is CCC(CC=C(C)C)/C(C)=C/C=O. The van der Waals surface area contributed by atoms with Gasteiger partial charge in [-0.15, -0.1) is 0 Å². The third kappa shape index (κ3) is 5.40. The summed E-state index contributed by atoms with van der Waals surface area (Å²) in [7, 11) is 0. The zero-order valence-electron chi connectivity index (χ0n) is 9.13. The molecule has 0 aromatic carbocycles. The zero-order chi connectivity index (χ0) is 10.3. The van der Waals surface area contributed by atoms with Gasteiger partial charge >= 0.3 is 0 Å². The number of allylic oxidation sites excluding steroid dienone is 4. The van der Waals surface area contributed by atoms with Crippen molar-refractivity contribution in [2.24, 2.45) is 5.92 Å². The maximum absolute atomic E-state index is 10.3. The molecule has 0 rings (SSSR count). The Labute approximate surface area is 81.5 Å². The minimum Gasteiger partial charge on any atom is -0.299 e. The summed E-state index contributed by atoms with van der Waals surface area (Å²) in [5.41, 5.74) is 2.53. The number of rotatable bonds is 5. The van der Waals surface area contributed by atoms with Crippen LogP contribution in [0.4, 0.5) is 0 Å². The zero-order valence-corrected chi connectivity index (χ0v) is 9.13. The Morgan fingerprint density at radius 1 is 1.31 bits per heavy atom. The van der Waals surface area contributed by atoms with E-state index in [0.717, 1.165) is 19.1 Å². The van der Waals surface area contributed by atoms with E-state index in [0.29, 0.717) is 5.92 Å². The summed E-state index contributed by atoms with van der Waals surface area (Å²) in [6, 6.07) is 0. The molecule has 0 spiro atoms. The lowest BCUT2D eigenvalue weighted by Gasteiger charge is -2.12. The van der Waals surface area contributed by atoms with Gasteiger partial charge in [-0.05, 0) is 45.6 Å². The molecule has 0 fully saturated rings. The standard InChI is InChI=1S/C12H20O/c1-5-12(7-6-10(2)3)11(4)8-9-13/h6,8-9,12H,5,7H2,1-4H3/b11-8+. The van der Waals surface area contributed by atoms with Crippen LogP contribution < -0.4 is 0 Å². The number of carbonyl (C=O) groups excluding carboxylic acids is 1. The average molecular weight is 180 g/mol. The first-order valence-electron chi connectivity index (χ1n) is 4.87. The minimum atomic E-state index is 0.528. The third-order valence-corrected chi connectivity index (χ3v) is 2.28. The van der Waals surface area contributed by atoms with Crippen molar-refractivity contribution < 1.29 is 4.79 Å². The molecule has 0 aromatic heterocycles. The van der Waals surface area contributed by atoms with E-state index in [2.05, 4.69) is 26.8 Å². The van der Waals surface area contributed by atoms with Crippen molar-refractivity contribution in [2.45, 2.75) is 40.5 Å². The molecule has 0 aromatic rings. The molecule has 1 unspecified atom stereocenters. The monoisotopic (exact) mass is 180 g/mol. The molecule has 1 atom stereocenters. The van der Waals surface area contributed by atoms with E-state index in [-0.39, 0.29) is 0 Å². The Kier molecular flexibility index (Phi) is 6.21. The van der Waals surface area contributed by atoms with Gasteiger partial charge in [0.15, 0.2) is 0 Å². The van der Waals surface area contributed by atoms with Gasteiger partial charge in [-0.2, -0.15) is 0 Å². The maximum atomic E-state index is 10.3. The minimum absolute atomic E-state index is 0.528. The number of aldehydes is 1. The first-order chi connectivity index (χ1) is 6.11. The van der Waals surface area contributed by atoms with Gasteiger partial charge in [0.05, 0.1) is 0 Å². The molecule has 0 heterocycles. The van der Waals surface area contributed by atoms with E-state index in [1.54, 1.807) is 6.08 Å². The van der Waals surface area contributed by atoms with Gasteiger partial charge in [-0.1, -0.05) is 24.1 Å². The van der Waals surface area contributed by atoms with Crippen molar-refractivity contribution >= 4 is 6.29 Å². The molecule has 1 heteroatoms. The highest BCUT2D eigenvalue weighted by molar-refractivity contribution is 5.66. The maximum Gasteiger partial charge on any atom is 0.142 e. The number of hydrogen-bond acceptors (Lipinski definition) is 1. The van der Waals surface area contributed by atoms with Crippen LogP contribution in [0, 0.1) is 5.92 Å². The van der Waals surface area contributed by atoms with Crippen LogP contribution in [0.1, 0.15) is 40.5 Å². The molecule has 74 valence electrons. The summed E-state index contributed by atoms with van der Waals surface area (Å²) < 4.78 is 0. The van der Waals surface area contributed by atoms with Gasteiger partial charge in [-0.3, -0.25) is 4.79 Å². The van der Waals surface area contributed by atoms with Gasteiger partial charge in [0, 0.05) is 0 Å². The summed E-state index contributed by atoms with van der Waals surface area (Å²) >= 11 is 0. The van der Waals surface area contributed by atoms with Crippen LogP contribution in [0.5, 0.6) is 0 Å². The fraction of sp³-hybridized carbons (Fsp3) is 0.583.